The second kappa shape index (κ2) is 8.40. The lowest BCUT2D eigenvalue weighted by Gasteiger charge is -2.20. The van der Waals surface area contributed by atoms with Crippen LogP contribution in [-0.2, 0) is 20.9 Å². The van der Waals surface area contributed by atoms with Crippen LogP contribution in [0.5, 0.6) is 0 Å². The Balaban J connectivity index is 2.22. The maximum atomic E-state index is 11.2. The summed E-state index contributed by atoms with van der Waals surface area (Å²) < 4.78 is 5.52. The molecule has 0 atom stereocenters. The summed E-state index contributed by atoms with van der Waals surface area (Å²) in [6.45, 7) is 2.60. The number of benzene rings is 1. The Morgan fingerprint density at radius 1 is 1.10 bits per heavy atom. The number of hydrogen-bond acceptors (Lipinski definition) is 3. The van der Waals surface area contributed by atoms with Crippen LogP contribution in [0.25, 0.3) is 0 Å². The van der Waals surface area contributed by atoms with Crippen LogP contribution in [0, 0.1) is 5.41 Å². The van der Waals surface area contributed by atoms with Gasteiger partial charge in [-0.1, -0.05) is 30.3 Å². The molecule has 0 unspecified atom stereocenters. The first-order valence-corrected chi connectivity index (χ1v) is 7.24. The van der Waals surface area contributed by atoms with E-state index in [4.69, 9.17) is 27.9 Å². The highest BCUT2D eigenvalue weighted by molar-refractivity contribution is 6.74. The van der Waals surface area contributed by atoms with Crippen LogP contribution in [0.2, 0.25) is 0 Å². The Morgan fingerprint density at radius 3 is 2.25 bits per heavy atom. The molecular formula is C15H18Cl2O3. The van der Waals surface area contributed by atoms with Crippen molar-refractivity contribution in [2.75, 3.05) is 6.61 Å². The normalized spacial score (nSPS) is 11.3. The van der Waals surface area contributed by atoms with Gasteiger partial charge in [0.2, 0.25) is 10.5 Å². The van der Waals surface area contributed by atoms with Crippen molar-refractivity contribution >= 4 is 33.7 Å². The van der Waals surface area contributed by atoms with Crippen molar-refractivity contribution in [1.82, 2.24) is 0 Å². The molecular weight excluding hydrogens is 299 g/mol. The first-order chi connectivity index (χ1) is 9.47. The summed E-state index contributed by atoms with van der Waals surface area (Å²) in [5, 5.41) is -1.41. The van der Waals surface area contributed by atoms with E-state index in [0.717, 1.165) is 12.0 Å². The van der Waals surface area contributed by atoms with E-state index in [1.165, 1.54) is 6.92 Å². The topological polar surface area (TPSA) is 43.4 Å². The third-order valence-electron chi connectivity index (χ3n) is 3.19. The second-order valence-electron chi connectivity index (χ2n) is 4.87. The van der Waals surface area contributed by atoms with Crippen molar-refractivity contribution in [1.29, 1.82) is 0 Å². The maximum absolute atomic E-state index is 11.2. The molecule has 110 valence electrons. The molecule has 0 aromatic heterocycles. The van der Waals surface area contributed by atoms with Crippen LogP contribution in [0.4, 0.5) is 0 Å². The molecule has 5 heteroatoms. The molecule has 3 nitrogen and oxygen atoms in total. The van der Waals surface area contributed by atoms with E-state index in [9.17, 15) is 9.59 Å². The standard InChI is InChI=1S/C15H18Cl2O3/c1-15(13(16)18,14(17)19)9-5-6-10-20-11-12-7-3-2-4-8-12/h2-4,7-8H,5-6,9-11H2,1H3. The zero-order valence-corrected chi connectivity index (χ0v) is 12.9. The molecule has 1 rings (SSSR count). The minimum absolute atomic E-state index is 0.340. The van der Waals surface area contributed by atoms with Gasteiger partial charge in [0.1, 0.15) is 5.41 Å². The molecule has 0 bridgehead atoms. The molecule has 0 aliphatic heterocycles. The van der Waals surface area contributed by atoms with Gasteiger partial charge in [-0.05, 0) is 55.0 Å². The van der Waals surface area contributed by atoms with Gasteiger partial charge in [-0.2, -0.15) is 0 Å². The van der Waals surface area contributed by atoms with Gasteiger partial charge in [0.05, 0.1) is 6.61 Å². The van der Waals surface area contributed by atoms with E-state index < -0.39 is 15.9 Å². The van der Waals surface area contributed by atoms with Crippen LogP contribution in [0.1, 0.15) is 31.7 Å². The van der Waals surface area contributed by atoms with E-state index in [1.54, 1.807) is 0 Å². The predicted octanol–water partition coefficient (Wildman–Crippen LogP) is 3.91. The highest BCUT2D eigenvalue weighted by atomic mass is 35.5. The molecule has 0 aliphatic carbocycles. The number of ether oxygens (including phenoxy) is 1. The van der Waals surface area contributed by atoms with Crippen molar-refractivity contribution < 1.29 is 14.3 Å². The molecule has 0 radical (unpaired) electrons. The molecule has 1 aromatic rings. The summed E-state index contributed by atoms with van der Waals surface area (Å²) in [5.74, 6) is 0. The molecule has 1 aromatic carbocycles. The molecule has 0 aliphatic rings. The van der Waals surface area contributed by atoms with Crippen molar-refractivity contribution in [3.63, 3.8) is 0 Å². The van der Waals surface area contributed by atoms with Crippen LogP contribution >= 0.6 is 23.2 Å². The molecule has 0 amide bonds. The molecule has 20 heavy (non-hydrogen) atoms. The van der Waals surface area contributed by atoms with Gasteiger partial charge in [0.15, 0.2) is 0 Å². The first-order valence-electron chi connectivity index (χ1n) is 6.48. The molecule has 0 saturated carbocycles. The fraction of sp³-hybridized carbons (Fsp3) is 0.467. The number of hydrogen-bond donors (Lipinski definition) is 0. The van der Waals surface area contributed by atoms with E-state index >= 15 is 0 Å². The summed E-state index contributed by atoms with van der Waals surface area (Å²) in [4.78, 5) is 22.5. The number of rotatable bonds is 9. The van der Waals surface area contributed by atoms with Crippen molar-refractivity contribution in [3.05, 3.63) is 35.9 Å². The summed E-state index contributed by atoms with van der Waals surface area (Å²) in [5.41, 5.74) is -0.174. The number of unbranched alkanes of at least 4 members (excludes halogenated alkanes) is 1. The lowest BCUT2D eigenvalue weighted by atomic mass is 9.88. The average molecular weight is 317 g/mol. The first kappa shape index (κ1) is 17.2. The Morgan fingerprint density at radius 2 is 1.70 bits per heavy atom. The zero-order valence-electron chi connectivity index (χ0n) is 11.4. The summed E-state index contributed by atoms with van der Waals surface area (Å²) in [6.07, 6.45) is 1.74. The van der Waals surface area contributed by atoms with Crippen LogP contribution in [0.15, 0.2) is 30.3 Å². The van der Waals surface area contributed by atoms with Crippen LogP contribution in [0.3, 0.4) is 0 Å². The smallest absolute Gasteiger partial charge is 0.236 e. The fourth-order valence-corrected chi connectivity index (χ4v) is 2.13. The molecule has 0 heterocycles. The van der Waals surface area contributed by atoms with Gasteiger partial charge in [-0.3, -0.25) is 9.59 Å². The van der Waals surface area contributed by atoms with Crippen LogP contribution in [-0.4, -0.2) is 17.1 Å². The average Bonchev–Trinajstić information content (AvgIpc) is 2.43. The summed E-state index contributed by atoms with van der Waals surface area (Å²) in [7, 11) is 0. The van der Waals surface area contributed by atoms with Gasteiger partial charge in [0.25, 0.3) is 0 Å². The Labute approximate surface area is 129 Å². The highest BCUT2D eigenvalue weighted by Gasteiger charge is 2.38. The van der Waals surface area contributed by atoms with Crippen LogP contribution < -0.4 is 0 Å². The van der Waals surface area contributed by atoms with Gasteiger partial charge in [-0.25, -0.2) is 0 Å². The Kier molecular flexibility index (Phi) is 7.20. The van der Waals surface area contributed by atoms with Gasteiger partial charge >= 0.3 is 0 Å². The number of carbonyl (C=O) groups excluding carboxylic acids is 2. The predicted molar refractivity (Wildman–Crippen MR) is 79.8 cm³/mol. The van der Waals surface area contributed by atoms with Gasteiger partial charge in [0, 0.05) is 6.61 Å². The lowest BCUT2D eigenvalue weighted by molar-refractivity contribution is -0.130. The SMILES string of the molecule is CC(CCCCOCc1ccccc1)(C(=O)Cl)C(=O)Cl. The Bertz CT molecular complexity index is 432. The van der Waals surface area contributed by atoms with E-state index in [0.29, 0.717) is 26.1 Å². The second-order valence-corrected chi connectivity index (χ2v) is 5.56. The zero-order chi connectivity index (χ0) is 15.0. The monoisotopic (exact) mass is 316 g/mol. The van der Waals surface area contributed by atoms with Crippen molar-refractivity contribution in [3.8, 4) is 0 Å². The van der Waals surface area contributed by atoms with Crippen molar-refractivity contribution in [2.45, 2.75) is 32.8 Å². The largest absolute Gasteiger partial charge is 0.377 e. The highest BCUT2D eigenvalue weighted by Crippen LogP contribution is 2.30. The van der Waals surface area contributed by atoms with Gasteiger partial charge in [-0.15, -0.1) is 0 Å². The lowest BCUT2D eigenvalue weighted by Crippen LogP contribution is -2.30. The van der Waals surface area contributed by atoms with Gasteiger partial charge < -0.3 is 4.74 Å². The minimum atomic E-state index is -1.29. The number of carbonyl (C=O) groups is 2. The fourth-order valence-electron chi connectivity index (χ4n) is 1.72. The number of halogens is 2. The summed E-state index contributed by atoms with van der Waals surface area (Å²) in [6, 6.07) is 9.87. The molecule has 0 N–H and O–H groups in total. The summed E-state index contributed by atoms with van der Waals surface area (Å²) >= 11 is 10.8. The van der Waals surface area contributed by atoms with E-state index in [1.807, 2.05) is 30.3 Å². The molecule has 0 spiro atoms. The van der Waals surface area contributed by atoms with E-state index in [-0.39, 0.29) is 0 Å². The Hall–Kier alpha value is -0.900. The van der Waals surface area contributed by atoms with E-state index in [2.05, 4.69) is 0 Å². The third-order valence-corrected chi connectivity index (χ3v) is 4.03. The van der Waals surface area contributed by atoms with Crippen molar-refractivity contribution in [2.24, 2.45) is 5.41 Å². The molecule has 0 saturated heterocycles. The maximum Gasteiger partial charge on any atom is 0.236 e. The third kappa shape index (κ3) is 5.23. The quantitative estimate of drug-likeness (QED) is 0.394. The molecule has 0 fully saturated rings. The minimum Gasteiger partial charge on any atom is -0.377 e.